The van der Waals surface area contributed by atoms with E-state index in [9.17, 15) is 0 Å². The number of hydrogen-bond donors (Lipinski definition) is 1. The van der Waals surface area contributed by atoms with Crippen molar-refractivity contribution in [2.75, 3.05) is 44.2 Å². The molecule has 1 saturated heterocycles. The van der Waals surface area contributed by atoms with Crippen LogP contribution in [0.15, 0.2) is 41.8 Å². The summed E-state index contributed by atoms with van der Waals surface area (Å²) in [6.45, 7) is 4.07. The standard InChI is InChI=1S/C16H20ClN7O/c17-13-2-3-14(22-12-13)25-11-6-19-15(18)23-7-9-24(10-8-23)16-20-4-1-5-21-16/h1-5,12H,6-11H2,(H2,18,19). The summed E-state index contributed by atoms with van der Waals surface area (Å²) < 4.78 is 5.50. The smallest absolute Gasteiger partial charge is 0.225 e. The molecule has 3 heterocycles. The van der Waals surface area contributed by atoms with E-state index in [1.165, 1.54) is 0 Å². The van der Waals surface area contributed by atoms with Crippen LogP contribution in [0.5, 0.6) is 5.88 Å². The molecule has 9 heteroatoms. The molecule has 2 aromatic rings. The first-order chi connectivity index (χ1) is 12.2. The molecule has 1 fully saturated rings. The first-order valence-corrected chi connectivity index (χ1v) is 8.41. The number of nitrogens with two attached hydrogens (primary N) is 1. The second kappa shape index (κ2) is 8.48. The van der Waals surface area contributed by atoms with E-state index in [2.05, 4.69) is 29.7 Å². The van der Waals surface area contributed by atoms with Gasteiger partial charge in [-0.2, -0.15) is 0 Å². The molecule has 0 amide bonds. The normalized spacial score (nSPS) is 15.3. The van der Waals surface area contributed by atoms with Crippen LogP contribution in [0.4, 0.5) is 5.95 Å². The van der Waals surface area contributed by atoms with E-state index in [1.54, 1.807) is 30.7 Å². The molecule has 0 bridgehead atoms. The van der Waals surface area contributed by atoms with Gasteiger partial charge in [-0.3, -0.25) is 0 Å². The van der Waals surface area contributed by atoms with Crippen molar-refractivity contribution in [3.63, 3.8) is 0 Å². The van der Waals surface area contributed by atoms with Crippen LogP contribution < -0.4 is 15.4 Å². The highest BCUT2D eigenvalue weighted by Gasteiger charge is 2.19. The minimum absolute atomic E-state index is 0.410. The molecule has 0 radical (unpaired) electrons. The summed E-state index contributed by atoms with van der Waals surface area (Å²) in [4.78, 5) is 21.2. The summed E-state index contributed by atoms with van der Waals surface area (Å²) in [5.41, 5.74) is 6.07. The van der Waals surface area contributed by atoms with Gasteiger partial charge in [0.1, 0.15) is 6.61 Å². The van der Waals surface area contributed by atoms with Crippen molar-refractivity contribution >= 4 is 23.5 Å². The van der Waals surface area contributed by atoms with Gasteiger partial charge in [-0.1, -0.05) is 11.6 Å². The van der Waals surface area contributed by atoms with Crippen molar-refractivity contribution in [1.82, 2.24) is 19.9 Å². The molecular formula is C16H20ClN7O. The van der Waals surface area contributed by atoms with Gasteiger partial charge in [-0.25, -0.2) is 19.9 Å². The molecule has 0 spiro atoms. The number of piperazine rings is 1. The van der Waals surface area contributed by atoms with Crippen LogP contribution in [0.3, 0.4) is 0 Å². The van der Waals surface area contributed by atoms with E-state index in [1.807, 2.05) is 6.07 Å². The fourth-order valence-corrected chi connectivity index (χ4v) is 2.56. The lowest BCUT2D eigenvalue weighted by Crippen LogP contribution is -2.51. The molecular weight excluding hydrogens is 342 g/mol. The highest BCUT2D eigenvalue weighted by molar-refractivity contribution is 6.30. The van der Waals surface area contributed by atoms with Gasteiger partial charge in [-0.05, 0) is 12.1 Å². The topological polar surface area (TPSA) is 92.8 Å². The first-order valence-electron chi connectivity index (χ1n) is 8.03. The Morgan fingerprint density at radius 1 is 1.16 bits per heavy atom. The SMILES string of the molecule is NC(=NCCOc1ccc(Cl)cn1)N1CCN(c2ncccn2)CC1. The monoisotopic (exact) mass is 361 g/mol. The molecule has 2 aromatic heterocycles. The number of guanidine groups is 1. The molecule has 1 aliphatic rings. The number of aromatic nitrogens is 3. The number of anilines is 1. The molecule has 0 atom stereocenters. The average Bonchev–Trinajstić information content (AvgIpc) is 2.67. The van der Waals surface area contributed by atoms with Crippen LogP contribution in [0.1, 0.15) is 0 Å². The van der Waals surface area contributed by atoms with Crippen molar-refractivity contribution < 1.29 is 4.74 Å². The third-order valence-electron chi connectivity index (χ3n) is 3.75. The van der Waals surface area contributed by atoms with E-state index in [-0.39, 0.29) is 0 Å². The Kier molecular flexibility index (Phi) is 5.84. The minimum Gasteiger partial charge on any atom is -0.476 e. The Labute approximate surface area is 151 Å². The number of ether oxygens (including phenoxy) is 1. The minimum atomic E-state index is 0.410. The van der Waals surface area contributed by atoms with E-state index in [0.717, 1.165) is 32.1 Å². The van der Waals surface area contributed by atoms with E-state index in [4.69, 9.17) is 22.1 Å². The van der Waals surface area contributed by atoms with Crippen LogP contribution in [0, 0.1) is 0 Å². The maximum Gasteiger partial charge on any atom is 0.225 e. The largest absolute Gasteiger partial charge is 0.476 e. The Balaban J connectivity index is 1.42. The van der Waals surface area contributed by atoms with Crippen LogP contribution in [0.2, 0.25) is 5.02 Å². The van der Waals surface area contributed by atoms with Gasteiger partial charge in [0, 0.05) is 50.8 Å². The van der Waals surface area contributed by atoms with Gasteiger partial charge in [0.15, 0.2) is 5.96 Å². The number of hydrogen-bond acceptors (Lipinski definition) is 6. The summed E-state index contributed by atoms with van der Waals surface area (Å²) in [6.07, 6.45) is 5.05. The lowest BCUT2D eigenvalue weighted by Gasteiger charge is -2.35. The van der Waals surface area contributed by atoms with Crippen molar-refractivity contribution in [3.05, 3.63) is 41.8 Å². The van der Waals surface area contributed by atoms with Crippen molar-refractivity contribution in [1.29, 1.82) is 0 Å². The lowest BCUT2D eigenvalue weighted by atomic mass is 10.3. The van der Waals surface area contributed by atoms with Gasteiger partial charge in [-0.15, -0.1) is 0 Å². The Morgan fingerprint density at radius 2 is 1.92 bits per heavy atom. The van der Waals surface area contributed by atoms with E-state index < -0.39 is 0 Å². The number of halogens is 1. The predicted octanol–water partition coefficient (Wildman–Crippen LogP) is 1.04. The van der Waals surface area contributed by atoms with Crippen LogP contribution >= 0.6 is 11.6 Å². The van der Waals surface area contributed by atoms with Crippen molar-refractivity contribution in [2.24, 2.45) is 10.7 Å². The molecule has 1 aliphatic heterocycles. The van der Waals surface area contributed by atoms with Crippen LogP contribution in [0.25, 0.3) is 0 Å². The van der Waals surface area contributed by atoms with Gasteiger partial charge < -0.3 is 20.3 Å². The zero-order valence-corrected chi connectivity index (χ0v) is 14.5. The summed E-state index contributed by atoms with van der Waals surface area (Å²) in [6, 6.07) is 5.27. The summed E-state index contributed by atoms with van der Waals surface area (Å²) >= 11 is 5.78. The van der Waals surface area contributed by atoms with Crippen molar-refractivity contribution in [2.45, 2.75) is 0 Å². The molecule has 0 unspecified atom stereocenters. The molecule has 0 saturated carbocycles. The fraction of sp³-hybridized carbons (Fsp3) is 0.375. The van der Waals surface area contributed by atoms with Crippen molar-refractivity contribution in [3.8, 4) is 5.88 Å². The number of rotatable bonds is 5. The highest BCUT2D eigenvalue weighted by atomic mass is 35.5. The molecule has 132 valence electrons. The summed E-state index contributed by atoms with van der Waals surface area (Å²) in [5.74, 6) is 1.80. The zero-order chi connectivity index (χ0) is 17.5. The molecule has 3 rings (SSSR count). The van der Waals surface area contributed by atoms with Gasteiger partial charge >= 0.3 is 0 Å². The third kappa shape index (κ3) is 4.93. The average molecular weight is 362 g/mol. The maximum atomic E-state index is 6.07. The fourth-order valence-electron chi connectivity index (χ4n) is 2.45. The van der Waals surface area contributed by atoms with Crippen LogP contribution in [-0.4, -0.2) is 65.1 Å². The summed E-state index contributed by atoms with van der Waals surface area (Å²) in [5, 5.41) is 0.578. The first kappa shape index (κ1) is 17.2. The Bertz CT molecular complexity index is 687. The lowest BCUT2D eigenvalue weighted by molar-refractivity contribution is 0.314. The van der Waals surface area contributed by atoms with Crippen LogP contribution in [-0.2, 0) is 0 Å². The van der Waals surface area contributed by atoms with Gasteiger partial charge in [0.05, 0.1) is 11.6 Å². The molecule has 8 nitrogen and oxygen atoms in total. The quantitative estimate of drug-likeness (QED) is 0.483. The number of pyridine rings is 1. The molecule has 2 N–H and O–H groups in total. The second-order valence-electron chi connectivity index (χ2n) is 5.43. The van der Waals surface area contributed by atoms with E-state index in [0.29, 0.717) is 30.0 Å². The molecule has 25 heavy (non-hydrogen) atoms. The highest BCUT2D eigenvalue weighted by Crippen LogP contribution is 2.11. The maximum absolute atomic E-state index is 6.07. The number of nitrogens with zero attached hydrogens (tertiary/aromatic N) is 6. The van der Waals surface area contributed by atoms with Gasteiger partial charge in [0.25, 0.3) is 0 Å². The summed E-state index contributed by atoms with van der Waals surface area (Å²) in [7, 11) is 0. The zero-order valence-electron chi connectivity index (χ0n) is 13.8. The Hall–Kier alpha value is -2.61. The molecule has 0 aliphatic carbocycles. The molecule has 0 aromatic carbocycles. The Morgan fingerprint density at radius 3 is 2.60 bits per heavy atom. The predicted molar refractivity (Wildman–Crippen MR) is 97.0 cm³/mol. The van der Waals surface area contributed by atoms with Gasteiger partial charge in [0.2, 0.25) is 11.8 Å². The second-order valence-corrected chi connectivity index (χ2v) is 5.86. The van der Waals surface area contributed by atoms with E-state index >= 15 is 0 Å². The third-order valence-corrected chi connectivity index (χ3v) is 3.98. The number of aliphatic imine (C=N–C) groups is 1.